The second-order valence-corrected chi connectivity index (χ2v) is 7.09. The fourth-order valence-electron chi connectivity index (χ4n) is 3.04. The molecule has 0 aromatic rings. The summed E-state index contributed by atoms with van der Waals surface area (Å²) in [7, 11) is 0. The topological polar surface area (TPSA) is 85.8 Å². The van der Waals surface area contributed by atoms with Gasteiger partial charge in [-0.05, 0) is 38.5 Å². The van der Waals surface area contributed by atoms with Crippen molar-refractivity contribution in [1.29, 1.82) is 0 Å². The standard InChI is InChI=1S/C18H33N5O2/c1-3-19-18(22-11-10-20-17(25)15-6-7-15)21-9-8-16(24)23-12-4-5-14(2)13-23/h14-15H,3-13H2,1-2H3,(H,20,25)(H2,19,21,22). The maximum atomic E-state index is 12.3. The molecule has 7 heteroatoms. The Labute approximate surface area is 151 Å². The predicted octanol–water partition coefficient (Wildman–Crippen LogP) is 0.716. The van der Waals surface area contributed by atoms with Crippen LogP contribution >= 0.6 is 0 Å². The van der Waals surface area contributed by atoms with E-state index in [0.29, 0.717) is 37.9 Å². The van der Waals surface area contributed by atoms with Crippen LogP contribution in [0, 0.1) is 11.8 Å². The van der Waals surface area contributed by atoms with Gasteiger partial charge in [0.15, 0.2) is 5.96 Å². The van der Waals surface area contributed by atoms with E-state index in [4.69, 9.17) is 0 Å². The Balaban J connectivity index is 1.65. The van der Waals surface area contributed by atoms with E-state index in [0.717, 1.165) is 38.9 Å². The first-order chi connectivity index (χ1) is 12.1. The largest absolute Gasteiger partial charge is 0.357 e. The van der Waals surface area contributed by atoms with Crippen LogP contribution in [-0.4, -0.2) is 61.9 Å². The number of guanidine groups is 1. The van der Waals surface area contributed by atoms with Gasteiger partial charge in [0.25, 0.3) is 0 Å². The smallest absolute Gasteiger partial charge is 0.224 e. The molecule has 0 aromatic carbocycles. The molecule has 0 aromatic heterocycles. The highest BCUT2D eigenvalue weighted by atomic mass is 16.2. The van der Waals surface area contributed by atoms with Crippen LogP contribution < -0.4 is 16.0 Å². The second kappa shape index (κ2) is 10.3. The van der Waals surface area contributed by atoms with Crippen LogP contribution in [0.3, 0.4) is 0 Å². The Hall–Kier alpha value is -1.79. The summed E-state index contributed by atoms with van der Waals surface area (Å²) in [6.45, 7) is 8.42. The van der Waals surface area contributed by atoms with Gasteiger partial charge in [0.05, 0.1) is 6.54 Å². The maximum absolute atomic E-state index is 12.3. The van der Waals surface area contributed by atoms with Crippen LogP contribution in [0.4, 0.5) is 0 Å². The Morgan fingerprint density at radius 2 is 1.88 bits per heavy atom. The number of aliphatic imine (C=N–C) groups is 1. The van der Waals surface area contributed by atoms with Gasteiger partial charge < -0.3 is 20.9 Å². The zero-order valence-electron chi connectivity index (χ0n) is 15.6. The Kier molecular flexibility index (Phi) is 8.01. The molecular formula is C18H33N5O2. The van der Waals surface area contributed by atoms with Gasteiger partial charge in [-0.3, -0.25) is 14.6 Å². The van der Waals surface area contributed by atoms with Crippen molar-refractivity contribution >= 4 is 17.8 Å². The van der Waals surface area contributed by atoms with Crippen molar-refractivity contribution in [1.82, 2.24) is 20.9 Å². The minimum Gasteiger partial charge on any atom is -0.357 e. The molecule has 25 heavy (non-hydrogen) atoms. The number of carbonyl (C=O) groups excluding carboxylic acids is 2. The molecule has 142 valence electrons. The number of nitrogens with zero attached hydrogens (tertiary/aromatic N) is 2. The quantitative estimate of drug-likeness (QED) is 0.342. The van der Waals surface area contributed by atoms with Gasteiger partial charge in [0, 0.05) is 45.1 Å². The SMILES string of the molecule is CCNC(=NCCC(=O)N1CCCC(C)C1)NCCNC(=O)C1CC1. The lowest BCUT2D eigenvalue weighted by Gasteiger charge is -2.30. The molecule has 1 unspecified atom stereocenters. The van der Waals surface area contributed by atoms with Crippen LogP contribution in [0.25, 0.3) is 0 Å². The summed E-state index contributed by atoms with van der Waals surface area (Å²) < 4.78 is 0. The highest BCUT2D eigenvalue weighted by Gasteiger charge is 2.29. The van der Waals surface area contributed by atoms with Crippen LogP contribution in [0.5, 0.6) is 0 Å². The van der Waals surface area contributed by atoms with E-state index >= 15 is 0 Å². The van der Waals surface area contributed by atoms with E-state index in [1.54, 1.807) is 0 Å². The Morgan fingerprint density at radius 1 is 1.12 bits per heavy atom. The molecule has 1 heterocycles. The Morgan fingerprint density at radius 3 is 2.56 bits per heavy atom. The molecule has 0 spiro atoms. The molecule has 1 saturated carbocycles. The first-order valence-electron chi connectivity index (χ1n) is 9.67. The fourth-order valence-corrected chi connectivity index (χ4v) is 3.04. The average Bonchev–Trinajstić information content (AvgIpc) is 3.43. The third-order valence-corrected chi connectivity index (χ3v) is 4.61. The van der Waals surface area contributed by atoms with Crippen molar-refractivity contribution in [3.8, 4) is 0 Å². The molecule has 2 fully saturated rings. The monoisotopic (exact) mass is 351 g/mol. The Bertz CT molecular complexity index is 476. The second-order valence-electron chi connectivity index (χ2n) is 7.09. The fraction of sp³-hybridized carbons (Fsp3) is 0.833. The summed E-state index contributed by atoms with van der Waals surface area (Å²) in [6.07, 6.45) is 4.81. The molecule has 2 aliphatic rings. The zero-order chi connectivity index (χ0) is 18.1. The van der Waals surface area contributed by atoms with E-state index in [9.17, 15) is 9.59 Å². The molecule has 0 bridgehead atoms. The van der Waals surface area contributed by atoms with Crippen LogP contribution in [-0.2, 0) is 9.59 Å². The summed E-state index contributed by atoms with van der Waals surface area (Å²) in [5.74, 6) is 1.90. The van der Waals surface area contributed by atoms with Crippen LogP contribution in [0.2, 0.25) is 0 Å². The number of piperidine rings is 1. The normalized spacial score (nSPS) is 21.0. The molecule has 3 N–H and O–H groups in total. The number of nitrogens with one attached hydrogen (secondary N) is 3. The number of hydrogen-bond donors (Lipinski definition) is 3. The number of rotatable bonds is 8. The minimum atomic E-state index is 0.157. The third kappa shape index (κ3) is 7.32. The first kappa shape index (κ1) is 19.5. The van der Waals surface area contributed by atoms with Gasteiger partial charge in [-0.1, -0.05) is 6.92 Å². The van der Waals surface area contributed by atoms with E-state index in [2.05, 4.69) is 27.9 Å². The van der Waals surface area contributed by atoms with Crippen molar-refractivity contribution < 1.29 is 9.59 Å². The van der Waals surface area contributed by atoms with Crippen molar-refractivity contribution in [2.75, 3.05) is 39.3 Å². The van der Waals surface area contributed by atoms with Crippen LogP contribution in [0.1, 0.15) is 46.0 Å². The third-order valence-electron chi connectivity index (χ3n) is 4.61. The zero-order valence-corrected chi connectivity index (χ0v) is 15.6. The molecular weight excluding hydrogens is 318 g/mol. The summed E-state index contributed by atoms with van der Waals surface area (Å²) >= 11 is 0. The van der Waals surface area contributed by atoms with Gasteiger partial charge in [0.1, 0.15) is 0 Å². The van der Waals surface area contributed by atoms with Crippen molar-refractivity contribution in [3.05, 3.63) is 0 Å². The lowest BCUT2D eigenvalue weighted by molar-refractivity contribution is -0.132. The summed E-state index contributed by atoms with van der Waals surface area (Å²) in [5.41, 5.74) is 0. The molecule has 7 nitrogen and oxygen atoms in total. The van der Waals surface area contributed by atoms with Gasteiger partial charge in [0.2, 0.25) is 11.8 Å². The number of amides is 2. The number of hydrogen-bond acceptors (Lipinski definition) is 3. The highest BCUT2D eigenvalue weighted by molar-refractivity contribution is 5.82. The van der Waals surface area contributed by atoms with Gasteiger partial charge in [-0.15, -0.1) is 0 Å². The van der Waals surface area contributed by atoms with E-state index < -0.39 is 0 Å². The van der Waals surface area contributed by atoms with Gasteiger partial charge in [-0.2, -0.15) is 0 Å². The summed E-state index contributed by atoms with van der Waals surface area (Å²) in [4.78, 5) is 30.3. The first-order valence-corrected chi connectivity index (χ1v) is 9.67. The molecule has 0 radical (unpaired) electrons. The van der Waals surface area contributed by atoms with E-state index in [1.807, 2.05) is 11.8 Å². The molecule has 2 amide bonds. The molecule has 2 rings (SSSR count). The summed E-state index contributed by atoms with van der Waals surface area (Å²) in [6, 6.07) is 0. The predicted molar refractivity (Wildman–Crippen MR) is 99.3 cm³/mol. The van der Waals surface area contributed by atoms with Crippen LogP contribution in [0.15, 0.2) is 4.99 Å². The summed E-state index contributed by atoms with van der Waals surface area (Å²) in [5, 5.41) is 9.28. The highest BCUT2D eigenvalue weighted by Crippen LogP contribution is 2.28. The lowest BCUT2D eigenvalue weighted by atomic mass is 10.00. The van der Waals surface area contributed by atoms with Crippen molar-refractivity contribution in [3.63, 3.8) is 0 Å². The lowest BCUT2D eigenvalue weighted by Crippen LogP contribution is -2.42. The molecule has 1 aliphatic carbocycles. The minimum absolute atomic E-state index is 0.157. The van der Waals surface area contributed by atoms with E-state index in [-0.39, 0.29) is 17.7 Å². The van der Waals surface area contributed by atoms with Gasteiger partial charge in [-0.25, -0.2) is 0 Å². The molecule has 1 atom stereocenters. The molecule has 1 saturated heterocycles. The average molecular weight is 351 g/mol. The number of likely N-dealkylation sites (tertiary alicyclic amines) is 1. The van der Waals surface area contributed by atoms with Gasteiger partial charge >= 0.3 is 0 Å². The molecule has 1 aliphatic heterocycles. The maximum Gasteiger partial charge on any atom is 0.224 e. The van der Waals surface area contributed by atoms with E-state index in [1.165, 1.54) is 6.42 Å². The number of carbonyl (C=O) groups is 2. The van der Waals surface area contributed by atoms with Crippen molar-refractivity contribution in [2.24, 2.45) is 16.8 Å². The van der Waals surface area contributed by atoms with Crippen molar-refractivity contribution in [2.45, 2.75) is 46.0 Å².